The summed E-state index contributed by atoms with van der Waals surface area (Å²) in [7, 11) is 0. The van der Waals surface area contributed by atoms with Crippen molar-refractivity contribution in [2.24, 2.45) is 0 Å². The van der Waals surface area contributed by atoms with Gasteiger partial charge in [0.2, 0.25) is 5.91 Å². The summed E-state index contributed by atoms with van der Waals surface area (Å²) in [5.74, 6) is -0.245. The summed E-state index contributed by atoms with van der Waals surface area (Å²) >= 11 is 0. The zero-order valence-corrected chi connectivity index (χ0v) is 5.44. The number of rotatable bonds is 3. The van der Waals surface area contributed by atoms with Crippen LogP contribution in [0.25, 0.3) is 0 Å². The van der Waals surface area contributed by atoms with Gasteiger partial charge in [0.1, 0.15) is 0 Å². The zero-order chi connectivity index (χ0) is 7.28. The first-order valence-electron chi connectivity index (χ1n) is 2.70. The lowest BCUT2D eigenvalue weighted by Gasteiger charge is -1.98. The summed E-state index contributed by atoms with van der Waals surface area (Å²) in [6.07, 6.45) is 0. The molecule has 0 unspecified atom stereocenters. The van der Waals surface area contributed by atoms with Gasteiger partial charge in [0.05, 0.1) is 6.61 Å². The van der Waals surface area contributed by atoms with Gasteiger partial charge in [-0.05, 0) is 6.92 Å². The minimum Gasteiger partial charge on any atom is -0.350 e. The molecule has 0 spiro atoms. The van der Waals surface area contributed by atoms with E-state index in [4.69, 9.17) is 0 Å². The number of hydrogen-bond donors (Lipinski definition) is 1. The summed E-state index contributed by atoms with van der Waals surface area (Å²) in [5.41, 5.74) is 0.434. The molecule has 1 N–H and O–H groups in total. The smallest absolute Gasteiger partial charge is 0.246 e. The molecule has 0 fully saturated rings. The molecule has 0 aliphatic carbocycles. The average Bonchev–Trinajstić information content (AvgIpc) is 1.82. The summed E-state index contributed by atoms with van der Waals surface area (Å²) in [4.78, 5) is 10.6. The SMILES string of the molecule is C=C(C)C(=O)NCC[O]. The molecule has 0 aromatic rings. The van der Waals surface area contributed by atoms with Crippen LogP contribution in [0, 0.1) is 0 Å². The lowest BCUT2D eigenvalue weighted by molar-refractivity contribution is -0.117. The van der Waals surface area contributed by atoms with Gasteiger partial charge in [-0.3, -0.25) is 4.79 Å². The van der Waals surface area contributed by atoms with Crippen molar-refractivity contribution in [2.45, 2.75) is 6.92 Å². The summed E-state index contributed by atoms with van der Waals surface area (Å²) in [6.45, 7) is 4.90. The maximum Gasteiger partial charge on any atom is 0.246 e. The molecular formula is C6H10NO2. The fourth-order valence-electron chi connectivity index (χ4n) is 0.315. The Labute approximate surface area is 54.4 Å². The summed E-state index contributed by atoms with van der Waals surface area (Å²) in [6, 6.07) is 0. The van der Waals surface area contributed by atoms with E-state index in [1.165, 1.54) is 0 Å². The first kappa shape index (κ1) is 8.17. The first-order chi connectivity index (χ1) is 4.18. The third-order valence-corrected chi connectivity index (χ3v) is 0.775. The molecule has 0 aromatic carbocycles. The van der Waals surface area contributed by atoms with E-state index in [2.05, 4.69) is 11.9 Å². The molecule has 1 amide bonds. The molecule has 51 valence electrons. The van der Waals surface area contributed by atoms with Gasteiger partial charge in [-0.2, -0.15) is 0 Å². The number of carbonyl (C=O) groups is 1. The highest BCUT2D eigenvalue weighted by Gasteiger charge is 1.97. The zero-order valence-electron chi connectivity index (χ0n) is 5.44. The van der Waals surface area contributed by atoms with E-state index < -0.39 is 0 Å². The van der Waals surface area contributed by atoms with Crippen molar-refractivity contribution in [1.82, 2.24) is 5.32 Å². The Morgan fingerprint density at radius 2 is 2.22 bits per heavy atom. The molecule has 0 rings (SSSR count). The number of nitrogens with one attached hydrogen (secondary N) is 1. The van der Waals surface area contributed by atoms with Crippen LogP contribution in [0.15, 0.2) is 12.2 Å². The molecule has 1 radical (unpaired) electrons. The maximum atomic E-state index is 10.6. The van der Waals surface area contributed by atoms with E-state index in [1.807, 2.05) is 0 Å². The molecule has 0 aliphatic rings. The largest absolute Gasteiger partial charge is 0.350 e. The van der Waals surface area contributed by atoms with Crippen molar-refractivity contribution in [3.05, 3.63) is 12.2 Å². The van der Waals surface area contributed by atoms with Crippen LogP contribution in [0.3, 0.4) is 0 Å². The molecule has 0 aliphatic heterocycles. The minimum atomic E-state index is -0.279. The fourth-order valence-corrected chi connectivity index (χ4v) is 0.315. The van der Waals surface area contributed by atoms with Crippen molar-refractivity contribution in [2.75, 3.05) is 13.2 Å². The molecule has 0 saturated heterocycles. The van der Waals surface area contributed by atoms with Crippen molar-refractivity contribution >= 4 is 5.91 Å². The van der Waals surface area contributed by atoms with Crippen LogP contribution < -0.4 is 5.32 Å². The van der Waals surface area contributed by atoms with Crippen molar-refractivity contribution in [1.29, 1.82) is 0 Å². The second kappa shape index (κ2) is 4.09. The molecule has 3 heteroatoms. The number of hydrogen-bond acceptors (Lipinski definition) is 1. The monoisotopic (exact) mass is 128 g/mol. The lowest BCUT2D eigenvalue weighted by Crippen LogP contribution is -2.26. The van der Waals surface area contributed by atoms with E-state index >= 15 is 0 Å². The second-order valence-electron chi connectivity index (χ2n) is 1.74. The molecule has 0 bridgehead atoms. The quantitative estimate of drug-likeness (QED) is 0.539. The van der Waals surface area contributed by atoms with Crippen LogP contribution in [-0.2, 0) is 9.90 Å². The van der Waals surface area contributed by atoms with Crippen molar-refractivity contribution in [3.8, 4) is 0 Å². The van der Waals surface area contributed by atoms with Crippen LogP contribution in [0.4, 0.5) is 0 Å². The van der Waals surface area contributed by atoms with Gasteiger partial charge >= 0.3 is 0 Å². The Morgan fingerprint density at radius 3 is 2.56 bits per heavy atom. The Bertz CT molecular complexity index is 120. The minimum absolute atomic E-state index is 0.186. The first-order valence-corrected chi connectivity index (χ1v) is 2.70. The van der Waals surface area contributed by atoms with E-state index in [0.29, 0.717) is 5.57 Å². The van der Waals surface area contributed by atoms with Crippen molar-refractivity contribution < 1.29 is 9.90 Å². The third-order valence-electron chi connectivity index (χ3n) is 0.775. The Hall–Kier alpha value is -0.830. The topological polar surface area (TPSA) is 49.0 Å². The van der Waals surface area contributed by atoms with Gasteiger partial charge in [0, 0.05) is 12.1 Å². The highest BCUT2D eigenvalue weighted by molar-refractivity contribution is 5.91. The van der Waals surface area contributed by atoms with Crippen LogP contribution >= 0.6 is 0 Å². The van der Waals surface area contributed by atoms with E-state index in [1.54, 1.807) is 6.92 Å². The maximum absolute atomic E-state index is 10.6. The predicted octanol–water partition coefficient (Wildman–Crippen LogP) is 0.109. The van der Waals surface area contributed by atoms with Gasteiger partial charge in [-0.25, -0.2) is 5.11 Å². The van der Waals surface area contributed by atoms with E-state index in [9.17, 15) is 9.90 Å². The molecule has 0 saturated carbocycles. The molecular weight excluding hydrogens is 118 g/mol. The Kier molecular flexibility index (Phi) is 3.71. The third kappa shape index (κ3) is 3.73. The van der Waals surface area contributed by atoms with Gasteiger partial charge in [-0.1, -0.05) is 6.58 Å². The Morgan fingerprint density at radius 1 is 1.67 bits per heavy atom. The van der Waals surface area contributed by atoms with Crippen molar-refractivity contribution in [3.63, 3.8) is 0 Å². The Balaban J connectivity index is 3.39. The lowest BCUT2D eigenvalue weighted by atomic mass is 10.3. The summed E-state index contributed by atoms with van der Waals surface area (Å²) in [5, 5.41) is 12.2. The fraction of sp³-hybridized carbons (Fsp3) is 0.500. The van der Waals surface area contributed by atoms with Crippen LogP contribution in [0.2, 0.25) is 0 Å². The molecule has 9 heavy (non-hydrogen) atoms. The highest BCUT2D eigenvalue weighted by Crippen LogP contribution is 1.83. The van der Waals surface area contributed by atoms with E-state index in [-0.39, 0.29) is 19.1 Å². The van der Waals surface area contributed by atoms with Gasteiger partial charge in [0.25, 0.3) is 0 Å². The van der Waals surface area contributed by atoms with Crippen LogP contribution in [0.1, 0.15) is 6.92 Å². The standard InChI is InChI=1S/C6H10NO2/c1-5(2)6(9)7-3-4-8/h1,3-4H2,2H3,(H,7,9). The second-order valence-corrected chi connectivity index (χ2v) is 1.74. The molecule has 0 heterocycles. The average molecular weight is 128 g/mol. The summed E-state index contributed by atoms with van der Waals surface area (Å²) < 4.78 is 0. The normalized spacial score (nSPS) is 8.67. The molecule has 3 nitrogen and oxygen atoms in total. The van der Waals surface area contributed by atoms with Crippen LogP contribution in [-0.4, -0.2) is 19.1 Å². The van der Waals surface area contributed by atoms with Gasteiger partial charge < -0.3 is 5.32 Å². The van der Waals surface area contributed by atoms with Gasteiger partial charge in [-0.15, -0.1) is 0 Å². The predicted molar refractivity (Wildman–Crippen MR) is 33.4 cm³/mol. The molecule has 0 aromatic heterocycles. The molecule has 0 atom stereocenters. The van der Waals surface area contributed by atoms with Gasteiger partial charge in [0.15, 0.2) is 0 Å². The van der Waals surface area contributed by atoms with E-state index in [0.717, 1.165) is 0 Å². The number of amides is 1. The number of carbonyl (C=O) groups excluding carboxylic acids is 1. The van der Waals surface area contributed by atoms with Crippen LogP contribution in [0.5, 0.6) is 0 Å². The highest BCUT2D eigenvalue weighted by atomic mass is 16.3.